The van der Waals surface area contributed by atoms with Gasteiger partial charge in [0.05, 0.1) is 5.54 Å². The Morgan fingerprint density at radius 1 is 1.09 bits per heavy atom. The van der Waals surface area contributed by atoms with Gasteiger partial charge in [0.1, 0.15) is 0 Å². The summed E-state index contributed by atoms with van der Waals surface area (Å²) in [5, 5.41) is 0. The maximum atomic E-state index is 13.7. The van der Waals surface area contributed by atoms with Crippen molar-refractivity contribution in [2.24, 2.45) is 17.8 Å². The summed E-state index contributed by atoms with van der Waals surface area (Å²) in [6, 6.07) is 11.9. The molecular formula is C29H45N3O2. The van der Waals surface area contributed by atoms with Crippen molar-refractivity contribution < 1.29 is 9.53 Å². The second kappa shape index (κ2) is 10.6. The van der Waals surface area contributed by atoms with Gasteiger partial charge in [0.15, 0.2) is 0 Å². The highest BCUT2D eigenvalue weighted by Crippen LogP contribution is 2.49. The molecule has 1 aromatic rings. The Morgan fingerprint density at radius 2 is 1.88 bits per heavy atom. The van der Waals surface area contributed by atoms with Gasteiger partial charge >= 0.3 is 6.03 Å². The van der Waals surface area contributed by atoms with Crippen LogP contribution in [0.5, 0.6) is 0 Å². The fraction of sp³-hybridized carbons (Fsp3) is 0.759. The lowest BCUT2D eigenvalue weighted by molar-refractivity contribution is 0.0575. The summed E-state index contributed by atoms with van der Waals surface area (Å²) in [5.41, 5.74) is 1.50. The number of piperidine rings is 1. The third-order valence-electron chi connectivity index (χ3n) is 8.94. The van der Waals surface area contributed by atoms with Crippen molar-refractivity contribution in [2.45, 2.75) is 76.8 Å². The Hall–Kier alpha value is -1.59. The van der Waals surface area contributed by atoms with Crippen molar-refractivity contribution >= 4 is 6.03 Å². The lowest BCUT2D eigenvalue weighted by Crippen LogP contribution is -2.48. The molecule has 1 aliphatic carbocycles. The van der Waals surface area contributed by atoms with Crippen LogP contribution in [0, 0.1) is 17.8 Å². The van der Waals surface area contributed by atoms with Crippen LogP contribution in [0.15, 0.2) is 30.3 Å². The molecule has 3 saturated heterocycles. The molecule has 5 heteroatoms. The highest BCUT2D eigenvalue weighted by atomic mass is 16.5. The molecule has 4 aliphatic rings. The van der Waals surface area contributed by atoms with Gasteiger partial charge in [-0.2, -0.15) is 0 Å². The number of fused-ring (bicyclic) bond motifs is 1. The van der Waals surface area contributed by atoms with Crippen LogP contribution in [0.1, 0.15) is 64.4 Å². The van der Waals surface area contributed by atoms with Crippen molar-refractivity contribution in [3.63, 3.8) is 0 Å². The molecule has 3 atom stereocenters. The first-order chi connectivity index (χ1) is 16.5. The maximum Gasteiger partial charge on any atom is 0.320 e. The molecule has 0 N–H and O–H groups in total. The molecule has 0 radical (unpaired) electrons. The van der Waals surface area contributed by atoms with Gasteiger partial charge in [-0.05, 0) is 87.8 Å². The normalized spacial score (nSPS) is 30.6. The SMILES string of the molecule is CC(C)CN1C(=O)N(CC2CCOCC2)CC12CC1CCCN(CCCc3ccccc3)C1C2. The number of rotatable bonds is 8. The minimum atomic E-state index is 0.0455. The van der Waals surface area contributed by atoms with E-state index in [0.29, 0.717) is 23.9 Å². The first-order valence-corrected chi connectivity index (χ1v) is 14.0. The molecule has 0 bridgehead atoms. The molecule has 1 aromatic carbocycles. The van der Waals surface area contributed by atoms with Crippen molar-refractivity contribution in [3.8, 4) is 0 Å². The fourth-order valence-corrected chi connectivity index (χ4v) is 7.37. The van der Waals surface area contributed by atoms with E-state index >= 15 is 0 Å². The Morgan fingerprint density at radius 3 is 2.65 bits per heavy atom. The molecular weight excluding hydrogens is 422 g/mol. The van der Waals surface area contributed by atoms with Crippen LogP contribution in [0.4, 0.5) is 4.79 Å². The number of amides is 2. The van der Waals surface area contributed by atoms with Gasteiger partial charge < -0.3 is 19.4 Å². The number of urea groups is 1. The molecule has 4 fully saturated rings. The van der Waals surface area contributed by atoms with E-state index in [1.807, 2.05) is 0 Å². The number of aryl methyl sites for hydroxylation is 1. The number of likely N-dealkylation sites (tertiary alicyclic amines) is 1. The third-order valence-corrected chi connectivity index (χ3v) is 8.94. The number of nitrogens with zero attached hydrogens (tertiary/aromatic N) is 3. The van der Waals surface area contributed by atoms with E-state index in [2.05, 4.69) is 58.9 Å². The van der Waals surface area contributed by atoms with Gasteiger partial charge in [-0.3, -0.25) is 0 Å². The highest BCUT2D eigenvalue weighted by Gasteiger charge is 2.57. The molecule has 1 saturated carbocycles. The topological polar surface area (TPSA) is 36.0 Å². The number of hydrogen-bond donors (Lipinski definition) is 0. The van der Waals surface area contributed by atoms with E-state index < -0.39 is 0 Å². The molecule has 1 spiro atoms. The number of carbonyl (C=O) groups excluding carboxylic acids is 1. The summed E-state index contributed by atoms with van der Waals surface area (Å²) in [5.74, 6) is 1.86. The Balaban J connectivity index is 1.27. The molecule has 2 amide bonds. The molecule has 34 heavy (non-hydrogen) atoms. The molecule has 5 rings (SSSR count). The quantitative estimate of drug-likeness (QED) is 0.537. The zero-order valence-electron chi connectivity index (χ0n) is 21.5. The first kappa shape index (κ1) is 24.1. The maximum absolute atomic E-state index is 13.7. The molecule has 3 aliphatic heterocycles. The van der Waals surface area contributed by atoms with Gasteiger partial charge in [0.2, 0.25) is 0 Å². The minimum absolute atomic E-state index is 0.0455. The molecule has 3 unspecified atom stereocenters. The van der Waals surface area contributed by atoms with E-state index in [-0.39, 0.29) is 5.54 Å². The van der Waals surface area contributed by atoms with E-state index in [0.717, 1.165) is 58.0 Å². The lowest BCUT2D eigenvalue weighted by Gasteiger charge is -2.38. The van der Waals surface area contributed by atoms with Crippen molar-refractivity contribution in [3.05, 3.63) is 35.9 Å². The van der Waals surface area contributed by atoms with Crippen molar-refractivity contribution in [2.75, 3.05) is 45.9 Å². The van der Waals surface area contributed by atoms with E-state index in [4.69, 9.17) is 4.74 Å². The predicted octanol–water partition coefficient (Wildman–Crippen LogP) is 5.05. The van der Waals surface area contributed by atoms with Crippen LogP contribution < -0.4 is 0 Å². The summed E-state index contributed by atoms with van der Waals surface area (Å²) in [7, 11) is 0. The smallest absolute Gasteiger partial charge is 0.320 e. The standard InChI is InChI=1S/C29H45N3O2/c1-23(2)20-32-28(33)31(21-25-12-16-34-17-13-25)22-29(32)18-26-11-7-15-30(27(26)19-29)14-6-10-24-8-4-3-5-9-24/h3-5,8-9,23,25-27H,6-7,10-22H2,1-2H3. The highest BCUT2D eigenvalue weighted by molar-refractivity contribution is 5.78. The van der Waals surface area contributed by atoms with Gasteiger partial charge in [-0.15, -0.1) is 0 Å². The zero-order chi connectivity index (χ0) is 23.5. The average Bonchev–Trinajstić information content (AvgIpc) is 3.33. The van der Waals surface area contributed by atoms with E-state index in [9.17, 15) is 4.79 Å². The van der Waals surface area contributed by atoms with Gasteiger partial charge in [-0.1, -0.05) is 44.2 Å². The predicted molar refractivity (Wildman–Crippen MR) is 137 cm³/mol. The van der Waals surface area contributed by atoms with Crippen LogP contribution >= 0.6 is 0 Å². The lowest BCUT2D eigenvalue weighted by atomic mass is 9.90. The number of hydrogen-bond acceptors (Lipinski definition) is 3. The number of benzene rings is 1. The minimum Gasteiger partial charge on any atom is -0.381 e. The molecule has 0 aromatic heterocycles. The Labute approximate surface area is 206 Å². The number of carbonyl (C=O) groups is 1. The summed E-state index contributed by atoms with van der Waals surface area (Å²) >= 11 is 0. The summed E-state index contributed by atoms with van der Waals surface area (Å²) in [6.07, 6.45) is 9.61. The van der Waals surface area contributed by atoms with Crippen LogP contribution in [-0.2, 0) is 11.2 Å². The van der Waals surface area contributed by atoms with Crippen LogP contribution in [0.2, 0.25) is 0 Å². The number of ether oxygens (including phenoxy) is 1. The zero-order valence-corrected chi connectivity index (χ0v) is 21.5. The molecule has 188 valence electrons. The third kappa shape index (κ3) is 5.16. The Bertz CT molecular complexity index is 809. The molecule has 5 nitrogen and oxygen atoms in total. The van der Waals surface area contributed by atoms with Crippen LogP contribution in [-0.4, -0.2) is 78.2 Å². The fourth-order valence-electron chi connectivity index (χ4n) is 7.37. The van der Waals surface area contributed by atoms with Gasteiger partial charge in [0.25, 0.3) is 0 Å². The molecule has 3 heterocycles. The summed E-state index contributed by atoms with van der Waals surface area (Å²) < 4.78 is 5.58. The van der Waals surface area contributed by atoms with Crippen LogP contribution in [0.25, 0.3) is 0 Å². The Kier molecular flexibility index (Phi) is 7.50. The second-order valence-corrected chi connectivity index (χ2v) is 12.0. The largest absolute Gasteiger partial charge is 0.381 e. The van der Waals surface area contributed by atoms with Gasteiger partial charge in [0, 0.05) is 38.9 Å². The van der Waals surface area contributed by atoms with Crippen molar-refractivity contribution in [1.29, 1.82) is 0 Å². The van der Waals surface area contributed by atoms with Gasteiger partial charge in [-0.25, -0.2) is 4.79 Å². The first-order valence-electron chi connectivity index (χ1n) is 14.0. The summed E-state index contributed by atoms with van der Waals surface area (Å²) in [6.45, 7) is 11.4. The van der Waals surface area contributed by atoms with Crippen LogP contribution in [0.3, 0.4) is 0 Å². The van der Waals surface area contributed by atoms with E-state index in [1.54, 1.807) is 0 Å². The average molecular weight is 468 g/mol. The monoisotopic (exact) mass is 467 g/mol. The second-order valence-electron chi connectivity index (χ2n) is 12.0. The summed E-state index contributed by atoms with van der Waals surface area (Å²) in [4.78, 5) is 21.1. The van der Waals surface area contributed by atoms with E-state index in [1.165, 1.54) is 50.8 Å². The van der Waals surface area contributed by atoms with Crippen molar-refractivity contribution in [1.82, 2.24) is 14.7 Å².